The highest BCUT2D eigenvalue weighted by atomic mass is 16.5. The molecule has 1 aromatic heterocycles. The van der Waals surface area contributed by atoms with Crippen LogP contribution in [0.4, 0.5) is 5.82 Å². The lowest BCUT2D eigenvalue weighted by molar-refractivity contribution is 0.00508. The van der Waals surface area contributed by atoms with Gasteiger partial charge in [-0.1, -0.05) is 0 Å². The second-order valence-corrected chi connectivity index (χ2v) is 3.84. The molecule has 0 unspecified atom stereocenters. The molecule has 0 fully saturated rings. The average Bonchev–Trinajstić information content (AvgIpc) is 2.18. The maximum absolute atomic E-state index is 5.49. The molecule has 84 valence electrons. The van der Waals surface area contributed by atoms with Gasteiger partial charge in [0.1, 0.15) is 12.1 Å². The Morgan fingerprint density at radius 2 is 2.13 bits per heavy atom. The number of nitrogen functional groups attached to an aromatic ring is 1. The predicted molar refractivity (Wildman–Crippen MR) is 57.6 cm³/mol. The predicted octanol–water partition coefficient (Wildman–Crippen LogP) is 1.25. The Labute approximate surface area is 89.6 Å². The number of nitrogens with two attached hydrogens (primary N) is 1. The monoisotopic (exact) mass is 211 g/mol. The molecule has 0 amide bonds. The van der Waals surface area contributed by atoms with E-state index in [1.54, 1.807) is 13.2 Å². The highest BCUT2D eigenvalue weighted by Crippen LogP contribution is 2.14. The van der Waals surface area contributed by atoms with Crippen molar-refractivity contribution in [3.63, 3.8) is 0 Å². The molecule has 0 aliphatic carbocycles. The second-order valence-electron chi connectivity index (χ2n) is 3.84. The highest BCUT2D eigenvalue weighted by molar-refractivity contribution is 5.30. The maximum Gasteiger partial charge on any atom is 0.218 e. The first-order valence-electron chi connectivity index (χ1n) is 4.79. The molecule has 1 heterocycles. The molecular formula is C10H17N3O2. The fourth-order valence-electron chi connectivity index (χ4n) is 0.936. The Bertz CT molecular complexity index is 315. The van der Waals surface area contributed by atoms with E-state index in [2.05, 4.69) is 9.97 Å². The summed E-state index contributed by atoms with van der Waals surface area (Å²) in [6.45, 7) is 4.55. The quantitative estimate of drug-likeness (QED) is 0.793. The van der Waals surface area contributed by atoms with Crippen molar-refractivity contribution in [2.75, 3.05) is 19.5 Å². The smallest absolute Gasteiger partial charge is 0.218 e. The first kappa shape index (κ1) is 11.7. The molecule has 0 radical (unpaired) electrons. The fraction of sp³-hybridized carbons (Fsp3) is 0.600. The summed E-state index contributed by atoms with van der Waals surface area (Å²) in [5, 5.41) is 0. The van der Waals surface area contributed by atoms with E-state index in [1.165, 1.54) is 6.33 Å². The third kappa shape index (κ3) is 4.12. The van der Waals surface area contributed by atoms with E-state index in [9.17, 15) is 0 Å². The topological polar surface area (TPSA) is 70.3 Å². The van der Waals surface area contributed by atoms with Gasteiger partial charge in [-0.3, -0.25) is 0 Å². The number of nitrogens with zero attached hydrogens (tertiary/aromatic N) is 2. The van der Waals surface area contributed by atoms with E-state index < -0.39 is 0 Å². The van der Waals surface area contributed by atoms with Crippen LogP contribution in [0.2, 0.25) is 0 Å². The van der Waals surface area contributed by atoms with Gasteiger partial charge >= 0.3 is 0 Å². The minimum atomic E-state index is -0.182. The van der Waals surface area contributed by atoms with Crippen LogP contribution in [0.1, 0.15) is 20.3 Å². The Morgan fingerprint density at radius 3 is 2.73 bits per heavy atom. The van der Waals surface area contributed by atoms with Crippen LogP contribution in [0.5, 0.6) is 5.88 Å². The third-order valence-corrected chi connectivity index (χ3v) is 2.17. The molecule has 2 N–H and O–H groups in total. The van der Waals surface area contributed by atoms with Gasteiger partial charge in [-0.15, -0.1) is 0 Å². The van der Waals surface area contributed by atoms with Crippen LogP contribution in [0.3, 0.4) is 0 Å². The lowest BCUT2D eigenvalue weighted by Crippen LogP contribution is -2.25. The summed E-state index contributed by atoms with van der Waals surface area (Å²) < 4.78 is 10.7. The van der Waals surface area contributed by atoms with Crippen molar-refractivity contribution in [2.24, 2.45) is 0 Å². The van der Waals surface area contributed by atoms with E-state index in [1.807, 2.05) is 13.8 Å². The van der Waals surface area contributed by atoms with Gasteiger partial charge in [0.05, 0.1) is 12.2 Å². The normalized spacial score (nSPS) is 11.4. The second kappa shape index (κ2) is 4.93. The first-order valence-corrected chi connectivity index (χ1v) is 4.79. The van der Waals surface area contributed by atoms with Crippen molar-refractivity contribution in [1.29, 1.82) is 0 Å². The summed E-state index contributed by atoms with van der Waals surface area (Å²) >= 11 is 0. The molecule has 5 heteroatoms. The number of methoxy groups -OCH3 is 1. The summed E-state index contributed by atoms with van der Waals surface area (Å²) in [4.78, 5) is 7.71. The lowest BCUT2D eigenvalue weighted by atomic mass is 10.1. The minimum absolute atomic E-state index is 0.182. The summed E-state index contributed by atoms with van der Waals surface area (Å²) in [7, 11) is 1.68. The van der Waals surface area contributed by atoms with Crippen molar-refractivity contribution in [2.45, 2.75) is 25.9 Å². The molecule has 0 bridgehead atoms. The summed E-state index contributed by atoms with van der Waals surface area (Å²) in [5.74, 6) is 0.903. The third-order valence-electron chi connectivity index (χ3n) is 2.17. The molecule has 0 saturated carbocycles. The molecule has 0 aliphatic rings. The lowest BCUT2D eigenvalue weighted by Gasteiger charge is -2.22. The van der Waals surface area contributed by atoms with E-state index in [4.69, 9.17) is 15.2 Å². The number of ether oxygens (including phenoxy) is 2. The number of hydrogen-bond acceptors (Lipinski definition) is 5. The zero-order chi connectivity index (χ0) is 11.3. The van der Waals surface area contributed by atoms with Crippen molar-refractivity contribution in [3.05, 3.63) is 12.4 Å². The van der Waals surface area contributed by atoms with Crippen molar-refractivity contribution >= 4 is 5.82 Å². The molecule has 0 saturated heterocycles. The van der Waals surface area contributed by atoms with Crippen molar-refractivity contribution < 1.29 is 9.47 Å². The Hall–Kier alpha value is -1.36. The maximum atomic E-state index is 5.49. The minimum Gasteiger partial charge on any atom is -0.477 e. The zero-order valence-corrected chi connectivity index (χ0v) is 9.36. The van der Waals surface area contributed by atoms with E-state index in [0.717, 1.165) is 6.42 Å². The number of hydrogen-bond donors (Lipinski definition) is 1. The van der Waals surface area contributed by atoms with Gasteiger partial charge in [-0.05, 0) is 13.8 Å². The summed E-state index contributed by atoms with van der Waals surface area (Å²) in [5.41, 5.74) is 5.30. The summed E-state index contributed by atoms with van der Waals surface area (Å²) in [6, 6.07) is 1.60. The Morgan fingerprint density at radius 1 is 1.40 bits per heavy atom. The van der Waals surface area contributed by atoms with Crippen LogP contribution < -0.4 is 10.5 Å². The van der Waals surface area contributed by atoms with Gasteiger partial charge in [-0.25, -0.2) is 9.97 Å². The van der Waals surface area contributed by atoms with Crippen LogP contribution in [0, 0.1) is 0 Å². The molecule has 1 aromatic rings. The molecular weight excluding hydrogens is 194 g/mol. The molecule has 15 heavy (non-hydrogen) atoms. The van der Waals surface area contributed by atoms with Crippen LogP contribution >= 0.6 is 0 Å². The average molecular weight is 211 g/mol. The zero-order valence-electron chi connectivity index (χ0n) is 9.36. The molecule has 1 rings (SSSR count). The van der Waals surface area contributed by atoms with Gasteiger partial charge < -0.3 is 15.2 Å². The molecule has 0 aromatic carbocycles. The molecule has 5 nitrogen and oxygen atoms in total. The number of anilines is 1. The number of aromatic nitrogens is 2. The van der Waals surface area contributed by atoms with Crippen LogP contribution in [0.15, 0.2) is 12.4 Å². The van der Waals surface area contributed by atoms with Crippen LogP contribution in [0.25, 0.3) is 0 Å². The highest BCUT2D eigenvalue weighted by Gasteiger charge is 2.16. The van der Waals surface area contributed by atoms with Gasteiger partial charge in [0, 0.05) is 19.6 Å². The Balaban J connectivity index is 2.38. The summed E-state index contributed by atoms with van der Waals surface area (Å²) in [6.07, 6.45) is 2.17. The van der Waals surface area contributed by atoms with Crippen molar-refractivity contribution in [3.8, 4) is 5.88 Å². The van der Waals surface area contributed by atoms with Crippen LogP contribution in [-0.2, 0) is 4.74 Å². The van der Waals surface area contributed by atoms with E-state index >= 15 is 0 Å². The molecule has 0 spiro atoms. The van der Waals surface area contributed by atoms with Crippen LogP contribution in [-0.4, -0.2) is 29.3 Å². The van der Waals surface area contributed by atoms with Gasteiger partial charge in [-0.2, -0.15) is 0 Å². The largest absolute Gasteiger partial charge is 0.477 e. The molecule has 0 atom stereocenters. The fourth-order valence-corrected chi connectivity index (χ4v) is 0.936. The SMILES string of the molecule is COC(C)(C)CCOc1cc(N)ncn1. The Kier molecular flexibility index (Phi) is 3.85. The van der Waals surface area contributed by atoms with Gasteiger partial charge in [0.25, 0.3) is 0 Å². The first-order chi connectivity index (χ1) is 7.03. The van der Waals surface area contributed by atoms with Gasteiger partial charge in [0.2, 0.25) is 5.88 Å². The van der Waals surface area contributed by atoms with E-state index in [0.29, 0.717) is 18.3 Å². The number of rotatable bonds is 5. The standard InChI is InChI=1S/C10H17N3O2/c1-10(2,14-3)4-5-15-9-6-8(11)12-7-13-9/h6-7H,4-5H2,1-3H3,(H2,11,12,13). The van der Waals surface area contributed by atoms with Crippen molar-refractivity contribution in [1.82, 2.24) is 9.97 Å². The van der Waals surface area contributed by atoms with Gasteiger partial charge in [0.15, 0.2) is 0 Å². The van der Waals surface area contributed by atoms with E-state index in [-0.39, 0.29) is 5.60 Å². The molecule has 0 aliphatic heterocycles.